The molecule has 2 heterocycles. The highest BCUT2D eigenvalue weighted by Gasteiger charge is 2.15. The van der Waals surface area contributed by atoms with Crippen molar-refractivity contribution in [2.75, 3.05) is 45.8 Å². The van der Waals surface area contributed by atoms with Crippen LogP contribution < -0.4 is 5.32 Å². The van der Waals surface area contributed by atoms with Gasteiger partial charge in [-0.15, -0.1) is 0 Å². The minimum Gasteiger partial charge on any atom is -0.351 e. The Morgan fingerprint density at radius 2 is 1.95 bits per heavy atom. The highest BCUT2D eigenvalue weighted by molar-refractivity contribution is 6.41. The molecule has 0 aliphatic carbocycles. The van der Waals surface area contributed by atoms with E-state index in [0.29, 0.717) is 22.4 Å². The Labute approximate surface area is 135 Å². The van der Waals surface area contributed by atoms with Crippen molar-refractivity contribution in [3.05, 3.63) is 21.9 Å². The Morgan fingerprint density at radius 3 is 2.52 bits per heavy atom. The highest BCUT2D eigenvalue weighted by atomic mass is 35.5. The normalized spacial score (nSPS) is 17.1. The van der Waals surface area contributed by atoms with Gasteiger partial charge in [-0.25, -0.2) is 0 Å². The Bertz CT molecular complexity index is 450. The summed E-state index contributed by atoms with van der Waals surface area (Å²) in [6.45, 7) is 9.51. The van der Waals surface area contributed by atoms with E-state index >= 15 is 0 Å². The molecule has 1 aliphatic heterocycles. The molecule has 0 saturated carbocycles. The van der Waals surface area contributed by atoms with Gasteiger partial charge < -0.3 is 20.1 Å². The molecule has 5 nitrogen and oxygen atoms in total. The van der Waals surface area contributed by atoms with E-state index in [2.05, 4.69) is 27.0 Å². The van der Waals surface area contributed by atoms with Crippen LogP contribution in [0.5, 0.6) is 0 Å². The van der Waals surface area contributed by atoms with Crippen LogP contribution in [0.25, 0.3) is 0 Å². The molecule has 0 aromatic carbocycles. The van der Waals surface area contributed by atoms with Crippen LogP contribution in [0.4, 0.5) is 0 Å². The minimum atomic E-state index is -0.167. The highest BCUT2D eigenvalue weighted by Crippen LogP contribution is 2.21. The number of piperazine rings is 1. The maximum atomic E-state index is 11.9. The van der Waals surface area contributed by atoms with E-state index in [9.17, 15) is 4.79 Å². The molecule has 1 saturated heterocycles. The zero-order valence-corrected chi connectivity index (χ0v) is 13.8. The third kappa shape index (κ3) is 4.88. The molecule has 0 spiro atoms. The number of rotatable bonds is 6. The smallest absolute Gasteiger partial charge is 0.267 e. The molecule has 0 atom stereocenters. The standard InChI is InChI=1S/C14H22Cl2N4O/c1-2-19-6-8-20(9-7-19)5-3-4-17-14(21)12-10-11(15)13(16)18-12/h10,18H,2-9H2,1H3,(H,17,21). The summed E-state index contributed by atoms with van der Waals surface area (Å²) in [5.41, 5.74) is 0.404. The van der Waals surface area contributed by atoms with Gasteiger partial charge in [-0.2, -0.15) is 0 Å². The number of hydrogen-bond donors (Lipinski definition) is 2. The predicted molar refractivity (Wildman–Crippen MR) is 86.3 cm³/mol. The molecule has 1 fully saturated rings. The zero-order valence-electron chi connectivity index (χ0n) is 12.3. The molecule has 21 heavy (non-hydrogen) atoms. The average Bonchev–Trinajstić information content (AvgIpc) is 2.84. The molecule has 1 aromatic rings. The Morgan fingerprint density at radius 1 is 1.29 bits per heavy atom. The fraction of sp³-hybridized carbons (Fsp3) is 0.643. The van der Waals surface area contributed by atoms with Crippen LogP contribution in [-0.2, 0) is 0 Å². The van der Waals surface area contributed by atoms with E-state index in [1.54, 1.807) is 6.07 Å². The largest absolute Gasteiger partial charge is 0.351 e. The lowest BCUT2D eigenvalue weighted by molar-refractivity contribution is 0.0944. The first-order valence-electron chi connectivity index (χ1n) is 7.37. The number of carbonyl (C=O) groups excluding carboxylic acids is 1. The molecule has 118 valence electrons. The van der Waals surface area contributed by atoms with Gasteiger partial charge in [0.1, 0.15) is 10.8 Å². The van der Waals surface area contributed by atoms with Crippen molar-refractivity contribution in [3.8, 4) is 0 Å². The van der Waals surface area contributed by atoms with Gasteiger partial charge in [0.2, 0.25) is 0 Å². The van der Waals surface area contributed by atoms with E-state index in [-0.39, 0.29) is 5.91 Å². The lowest BCUT2D eigenvalue weighted by Gasteiger charge is -2.33. The van der Waals surface area contributed by atoms with Crippen molar-refractivity contribution < 1.29 is 4.79 Å². The first-order chi connectivity index (χ1) is 10.1. The molecule has 2 N–H and O–H groups in total. The summed E-state index contributed by atoms with van der Waals surface area (Å²) < 4.78 is 0. The van der Waals surface area contributed by atoms with Crippen molar-refractivity contribution in [2.45, 2.75) is 13.3 Å². The number of H-pyrrole nitrogens is 1. The second-order valence-corrected chi connectivity index (χ2v) is 6.02. The van der Waals surface area contributed by atoms with Crippen LogP contribution in [-0.4, -0.2) is 66.5 Å². The first kappa shape index (κ1) is 16.6. The van der Waals surface area contributed by atoms with Crippen LogP contribution >= 0.6 is 23.2 Å². The molecular weight excluding hydrogens is 311 g/mol. The van der Waals surface area contributed by atoms with Gasteiger partial charge in [0.15, 0.2) is 0 Å². The van der Waals surface area contributed by atoms with Crippen molar-refractivity contribution in [1.82, 2.24) is 20.1 Å². The quantitative estimate of drug-likeness (QED) is 0.784. The SMILES string of the molecule is CCN1CCN(CCCNC(=O)c2cc(Cl)c(Cl)[nH]2)CC1. The molecule has 1 aromatic heterocycles. The van der Waals surface area contributed by atoms with E-state index in [4.69, 9.17) is 23.2 Å². The van der Waals surface area contributed by atoms with Gasteiger partial charge in [-0.05, 0) is 25.6 Å². The van der Waals surface area contributed by atoms with Crippen molar-refractivity contribution in [3.63, 3.8) is 0 Å². The van der Waals surface area contributed by atoms with E-state index < -0.39 is 0 Å². The number of aromatic amines is 1. The molecule has 1 aliphatic rings. The molecule has 0 radical (unpaired) electrons. The van der Waals surface area contributed by atoms with Gasteiger partial charge in [0, 0.05) is 32.7 Å². The number of amides is 1. The number of hydrogen-bond acceptors (Lipinski definition) is 3. The van der Waals surface area contributed by atoms with Crippen LogP contribution in [0.1, 0.15) is 23.8 Å². The van der Waals surface area contributed by atoms with Gasteiger partial charge in [-0.1, -0.05) is 30.1 Å². The average molecular weight is 333 g/mol. The summed E-state index contributed by atoms with van der Waals surface area (Å²) in [6.07, 6.45) is 0.944. The molecule has 0 unspecified atom stereocenters. The number of aromatic nitrogens is 1. The lowest BCUT2D eigenvalue weighted by Crippen LogP contribution is -2.46. The van der Waals surface area contributed by atoms with Gasteiger partial charge >= 0.3 is 0 Å². The summed E-state index contributed by atoms with van der Waals surface area (Å²) in [6, 6.07) is 1.54. The Kier molecular flexibility index (Phi) is 6.36. The maximum absolute atomic E-state index is 11.9. The van der Waals surface area contributed by atoms with Gasteiger partial charge in [0.25, 0.3) is 5.91 Å². The Hall–Kier alpha value is -0.750. The van der Waals surface area contributed by atoms with Crippen molar-refractivity contribution >= 4 is 29.1 Å². The van der Waals surface area contributed by atoms with Crippen LogP contribution in [0.3, 0.4) is 0 Å². The molecule has 0 bridgehead atoms. The number of nitrogens with zero attached hydrogens (tertiary/aromatic N) is 2. The fourth-order valence-corrected chi connectivity index (χ4v) is 2.77. The lowest BCUT2D eigenvalue weighted by atomic mass is 10.3. The molecule has 1 amide bonds. The van der Waals surface area contributed by atoms with E-state index in [0.717, 1.165) is 45.7 Å². The second kappa shape index (κ2) is 8.03. The fourth-order valence-electron chi connectivity index (χ4n) is 2.46. The molecular formula is C14H22Cl2N4O. The Balaban J connectivity index is 1.62. The minimum absolute atomic E-state index is 0.167. The second-order valence-electron chi connectivity index (χ2n) is 5.23. The molecule has 7 heteroatoms. The van der Waals surface area contributed by atoms with Crippen molar-refractivity contribution in [2.24, 2.45) is 0 Å². The molecule has 2 rings (SSSR count). The number of likely N-dealkylation sites (N-methyl/N-ethyl adjacent to an activating group) is 1. The summed E-state index contributed by atoms with van der Waals surface area (Å²) in [5, 5.41) is 3.55. The summed E-state index contributed by atoms with van der Waals surface area (Å²) >= 11 is 11.6. The topological polar surface area (TPSA) is 51.4 Å². The summed E-state index contributed by atoms with van der Waals surface area (Å²) in [5.74, 6) is -0.167. The first-order valence-corrected chi connectivity index (χ1v) is 8.12. The van der Waals surface area contributed by atoms with E-state index in [1.165, 1.54) is 0 Å². The van der Waals surface area contributed by atoms with Gasteiger partial charge in [0.05, 0.1) is 5.02 Å². The number of halogens is 2. The number of nitrogens with one attached hydrogen (secondary N) is 2. The van der Waals surface area contributed by atoms with Gasteiger partial charge in [-0.3, -0.25) is 4.79 Å². The zero-order chi connectivity index (χ0) is 15.2. The summed E-state index contributed by atoms with van der Waals surface area (Å²) in [7, 11) is 0. The van der Waals surface area contributed by atoms with Crippen molar-refractivity contribution in [1.29, 1.82) is 0 Å². The van der Waals surface area contributed by atoms with Crippen LogP contribution in [0.2, 0.25) is 10.2 Å². The third-order valence-electron chi connectivity index (χ3n) is 3.82. The number of carbonyl (C=O) groups is 1. The monoisotopic (exact) mass is 332 g/mol. The third-order valence-corrected chi connectivity index (χ3v) is 4.51. The predicted octanol–water partition coefficient (Wildman–Crippen LogP) is 2.08. The summed E-state index contributed by atoms with van der Waals surface area (Å²) in [4.78, 5) is 19.5. The van der Waals surface area contributed by atoms with E-state index in [1.807, 2.05) is 0 Å². The van der Waals surface area contributed by atoms with Crippen LogP contribution in [0, 0.1) is 0 Å². The van der Waals surface area contributed by atoms with Crippen LogP contribution in [0.15, 0.2) is 6.07 Å². The maximum Gasteiger partial charge on any atom is 0.267 e.